The Hall–Kier alpha value is -3.15. The lowest BCUT2D eigenvalue weighted by Crippen LogP contribution is -2.33. The summed E-state index contributed by atoms with van der Waals surface area (Å²) in [5.41, 5.74) is 6.47. The third-order valence-electron chi connectivity index (χ3n) is 5.22. The number of fused-ring (bicyclic) bond motifs is 3. The van der Waals surface area contributed by atoms with Gasteiger partial charge in [0, 0.05) is 25.5 Å². The van der Waals surface area contributed by atoms with Crippen molar-refractivity contribution in [2.75, 3.05) is 13.1 Å². The molecule has 6 heteroatoms. The minimum atomic E-state index is -0.369. The molecule has 144 valence electrons. The largest absolute Gasteiger partial charge is 0.416 e. The Morgan fingerprint density at radius 1 is 1.14 bits per heavy atom. The Balaban J connectivity index is 1.85. The topological polar surface area (TPSA) is 60.3 Å². The van der Waals surface area contributed by atoms with Crippen molar-refractivity contribution >= 4 is 6.09 Å². The lowest BCUT2D eigenvalue weighted by atomic mass is 9.88. The summed E-state index contributed by atoms with van der Waals surface area (Å²) in [7, 11) is 0. The van der Waals surface area contributed by atoms with E-state index in [1.165, 1.54) is 11.1 Å². The van der Waals surface area contributed by atoms with Gasteiger partial charge in [-0.05, 0) is 56.9 Å². The van der Waals surface area contributed by atoms with Crippen LogP contribution >= 0.6 is 0 Å². The van der Waals surface area contributed by atoms with Crippen molar-refractivity contribution in [2.45, 2.75) is 33.6 Å². The van der Waals surface area contributed by atoms with Gasteiger partial charge < -0.3 is 9.64 Å². The number of hydrogen-bond acceptors (Lipinski definition) is 4. The van der Waals surface area contributed by atoms with Crippen LogP contribution in [0.4, 0.5) is 4.79 Å². The smallest absolute Gasteiger partial charge is 0.389 e. The molecule has 1 aromatic carbocycles. The predicted molar refractivity (Wildman–Crippen MR) is 108 cm³/mol. The van der Waals surface area contributed by atoms with Crippen LogP contribution in [0.3, 0.4) is 0 Å². The van der Waals surface area contributed by atoms with Crippen molar-refractivity contribution in [1.82, 2.24) is 19.7 Å². The van der Waals surface area contributed by atoms with Crippen molar-refractivity contribution < 1.29 is 9.53 Å². The normalized spacial score (nSPS) is 12.2. The van der Waals surface area contributed by atoms with Crippen LogP contribution in [0.5, 0.6) is 5.88 Å². The first-order valence-corrected chi connectivity index (χ1v) is 9.71. The standard InChI is InChI=1S/C22H24N4O2/c1-4-25(5-2)22(27)28-21-20-18-8-6-15(3)14-16(18)7-9-19(20)26(24-21)17-10-12-23-13-11-17/h6,8,10-14H,4-5,7,9H2,1-3H3. The van der Waals surface area contributed by atoms with Gasteiger partial charge >= 0.3 is 6.09 Å². The summed E-state index contributed by atoms with van der Waals surface area (Å²) < 4.78 is 7.67. The molecule has 28 heavy (non-hydrogen) atoms. The highest BCUT2D eigenvalue weighted by atomic mass is 16.6. The molecule has 0 radical (unpaired) electrons. The maximum absolute atomic E-state index is 12.6. The monoisotopic (exact) mass is 376 g/mol. The molecule has 1 aliphatic carbocycles. The third kappa shape index (κ3) is 3.15. The Labute approximate surface area is 164 Å². The van der Waals surface area contributed by atoms with E-state index >= 15 is 0 Å². The molecule has 0 spiro atoms. The number of hydrogen-bond donors (Lipinski definition) is 0. The molecular weight excluding hydrogens is 352 g/mol. The summed E-state index contributed by atoms with van der Waals surface area (Å²) in [6, 6.07) is 10.2. The average Bonchev–Trinajstić information content (AvgIpc) is 3.08. The number of benzene rings is 1. The predicted octanol–water partition coefficient (Wildman–Crippen LogP) is 4.18. The van der Waals surface area contributed by atoms with Crippen molar-refractivity contribution in [2.24, 2.45) is 0 Å². The number of nitrogens with zero attached hydrogens (tertiary/aromatic N) is 4. The lowest BCUT2D eigenvalue weighted by Gasteiger charge is -2.20. The Morgan fingerprint density at radius 3 is 2.61 bits per heavy atom. The van der Waals surface area contributed by atoms with Crippen molar-refractivity contribution in [3.05, 3.63) is 59.5 Å². The molecule has 0 atom stereocenters. The van der Waals surface area contributed by atoms with Crippen LogP contribution in [0.2, 0.25) is 0 Å². The van der Waals surface area contributed by atoms with Gasteiger partial charge in [-0.15, -0.1) is 5.10 Å². The second-order valence-electron chi connectivity index (χ2n) is 6.94. The molecule has 0 saturated heterocycles. The highest BCUT2D eigenvalue weighted by Gasteiger charge is 2.29. The van der Waals surface area contributed by atoms with Gasteiger partial charge in [0.05, 0.1) is 16.9 Å². The molecule has 0 unspecified atom stereocenters. The van der Waals surface area contributed by atoms with Crippen LogP contribution in [0.25, 0.3) is 16.8 Å². The minimum absolute atomic E-state index is 0.369. The summed E-state index contributed by atoms with van der Waals surface area (Å²) in [4.78, 5) is 18.4. The number of carbonyl (C=O) groups excluding carboxylic acids is 1. The van der Waals surface area contributed by atoms with Crippen LogP contribution in [0, 0.1) is 6.92 Å². The van der Waals surface area contributed by atoms with Gasteiger partial charge in [0.25, 0.3) is 5.88 Å². The molecule has 2 aromatic heterocycles. The zero-order chi connectivity index (χ0) is 19.7. The highest BCUT2D eigenvalue weighted by Crippen LogP contribution is 2.41. The van der Waals surface area contributed by atoms with Crippen LogP contribution in [-0.2, 0) is 12.8 Å². The first-order valence-electron chi connectivity index (χ1n) is 9.71. The van der Waals surface area contributed by atoms with Crippen molar-refractivity contribution in [3.63, 3.8) is 0 Å². The Morgan fingerprint density at radius 2 is 1.89 bits per heavy atom. The number of carbonyl (C=O) groups is 1. The zero-order valence-corrected chi connectivity index (χ0v) is 16.5. The lowest BCUT2D eigenvalue weighted by molar-refractivity contribution is 0.155. The van der Waals surface area contributed by atoms with Gasteiger partial charge in [-0.25, -0.2) is 9.48 Å². The van der Waals surface area contributed by atoms with Crippen molar-refractivity contribution in [3.8, 4) is 22.7 Å². The van der Waals surface area contributed by atoms with E-state index in [-0.39, 0.29) is 6.09 Å². The number of ether oxygens (including phenoxy) is 1. The SMILES string of the molecule is CCN(CC)C(=O)Oc1nn(-c2ccncc2)c2c1-c1ccc(C)cc1CC2. The van der Waals surface area contributed by atoms with E-state index in [1.54, 1.807) is 17.3 Å². The third-order valence-corrected chi connectivity index (χ3v) is 5.22. The fraction of sp³-hybridized carbons (Fsp3) is 0.318. The number of aryl methyl sites for hydroxylation is 2. The number of amides is 1. The van der Waals surface area contributed by atoms with Gasteiger partial charge in [-0.2, -0.15) is 0 Å². The molecular formula is C22H24N4O2. The summed E-state index contributed by atoms with van der Waals surface area (Å²) in [5, 5.41) is 4.69. The van der Waals surface area contributed by atoms with E-state index in [1.807, 2.05) is 30.7 Å². The van der Waals surface area contributed by atoms with E-state index in [2.05, 4.69) is 30.1 Å². The fourth-order valence-electron chi connectivity index (χ4n) is 3.76. The van der Waals surface area contributed by atoms with Gasteiger partial charge in [0.15, 0.2) is 0 Å². The van der Waals surface area contributed by atoms with E-state index in [0.717, 1.165) is 35.3 Å². The second kappa shape index (κ2) is 7.46. The molecule has 4 rings (SSSR count). The summed E-state index contributed by atoms with van der Waals surface area (Å²) in [6.45, 7) is 7.16. The van der Waals surface area contributed by atoms with Crippen LogP contribution < -0.4 is 4.74 Å². The van der Waals surface area contributed by atoms with E-state index in [9.17, 15) is 4.79 Å². The van der Waals surface area contributed by atoms with Crippen LogP contribution in [0.15, 0.2) is 42.7 Å². The molecule has 1 aliphatic rings. The number of rotatable bonds is 4. The molecule has 0 aliphatic heterocycles. The fourth-order valence-corrected chi connectivity index (χ4v) is 3.76. The molecule has 0 saturated carbocycles. The first-order chi connectivity index (χ1) is 13.6. The molecule has 1 amide bonds. The van der Waals surface area contributed by atoms with Crippen LogP contribution in [-0.4, -0.2) is 38.8 Å². The molecule has 0 fully saturated rings. The molecule has 3 aromatic rings. The maximum atomic E-state index is 12.6. The molecule has 6 nitrogen and oxygen atoms in total. The Bertz CT molecular complexity index is 1010. The number of pyridine rings is 1. The van der Waals surface area contributed by atoms with E-state index < -0.39 is 0 Å². The molecule has 2 heterocycles. The Kier molecular flexibility index (Phi) is 4.86. The van der Waals surface area contributed by atoms with Gasteiger partial charge in [0.2, 0.25) is 0 Å². The quantitative estimate of drug-likeness (QED) is 0.685. The van der Waals surface area contributed by atoms with Crippen molar-refractivity contribution in [1.29, 1.82) is 0 Å². The zero-order valence-electron chi connectivity index (χ0n) is 16.5. The highest BCUT2D eigenvalue weighted by molar-refractivity contribution is 5.80. The van der Waals surface area contributed by atoms with Gasteiger partial charge in [-0.1, -0.05) is 23.8 Å². The molecule has 0 N–H and O–H groups in total. The first kappa shape index (κ1) is 18.2. The van der Waals surface area contributed by atoms with E-state index in [0.29, 0.717) is 19.0 Å². The maximum Gasteiger partial charge on any atom is 0.416 e. The molecule has 0 bridgehead atoms. The summed E-state index contributed by atoms with van der Waals surface area (Å²) in [6.07, 6.45) is 4.89. The summed E-state index contributed by atoms with van der Waals surface area (Å²) >= 11 is 0. The number of aromatic nitrogens is 3. The van der Waals surface area contributed by atoms with Crippen LogP contribution in [0.1, 0.15) is 30.7 Å². The van der Waals surface area contributed by atoms with Gasteiger partial charge in [-0.3, -0.25) is 4.98 Å². The van der Waals surface area contributed by atoms with E-state index in [4.69, 9.17) is 9.84 Å². The minimum Gasteiger partial charge on any atom is -0.389 e. The summed E-state index contributed by atoms with van der Waals surface area (Å²) in [5.74, 6) is 0.369. The van der Waals surface area contributed by atoms with Gasteiger partial charge in [0.1, 0.15) is 0 Å². The average molecular weight is 376 g/mol. The second-order valence-corrected chi connectivity index (χ2v) is 6.94.